The number of aryl methyl sites for hydroxylation is 1. The molecule has 0 saturated heterocycles. The number of carbonyl (C=O) groups excluding carboxylic acids is 1. The van der Waals surface area contributed by atoms with E-state index in [1.54, 1.807) is 0 Å². The van der Waals surface area contributed by atoms with Crippen LogP contribution in [0.25, 0.3) is 0 Å². The van der Waals surface area contributed by atoms with E-state index in [1.165, 1.54) is 12.8 Å². The van der Waals surface area contributed by atoms with Crippen LogP contribution in [0.2, 0.25) is 0 Å². The molecule has 1 aliphatic heterocycles. The van der Waals surface area contributed by atoms with Gasteiger partial charge in [0.1, 0.15) is 5.69 Å². The van der Waals surface area contributed by atoms with Gasteiger partial charge in [-0.15, -0.1) is 0 Å². The Hall–Kier alpha value is -1.12. The molecule has 1 aromatic rings. The first-order valence-electron chi connectivity index (χ1n) is 5.70. The number of aromatic nitrogens is 2. The molecule has 82 valence electrons. The zero-order valence-electron chi connectivity index (χ0n) is 9.66. The smallest absolute Gasteiger partial charge is 0.185 e. The number of rotatable bonds is 2. The summed E-state index contributed by atoms with van der Waals surface area (Å²) in [4.78, 5) is 16.2. The fourth-order valence-electron chi connectivity index (χ4n) is 2.25. The predicted octanol–water partition coefficient (Wildman–Crippen LogP) is 2.62. The van der Waals surface area contributed by atoms with Gasteiger partial charge in [-0.2, -0.15) is 0 Å². The minimum atomic E-state index is 0.0405. The highest BCUT2D eigenvalue weighted by molar-refractivity contribution is 5.96. The molecule has 15 heavy (non-hydrogen) atoms. The van der Waals surface area contributed by atoms with E-state index in [0.717, 1.165) is 12.2 Å². The van der Waals surface area contributed by atoms with Crippen molar-refractivity contribution >= 4 is 5.78 Å². The zero-order valence-corrected chi connectivity index (χ0v) is 9.66. The monoisotopic (exact) mass is 206 g/mol. The van der Waals surface area contributed by atoms with Gasteiger partial charge in [-0.1, -0.05) is 20.8 Å². The van der Waals surface area contributed by atoms with Crippen molar-refractivity contribution in [1.82, 2.24) is 9.55 Å². The largest absolute Gasteiger partial charge is 0.334 e. The number of hydrogen-bond donors (Lipinski definition) is 0. The number of nitrogens with zero attached hydrogens (tertiary/aromatic N) is 2. The van der Waals surface area contributed by atoms with Crippen LogP contribution in [-0.4, -0.2) is 15.3 Å². The molecule has 2 rings (SSSR count). The van der Waals surface area contributed by atoms with Crippen molar-refractivity contribution in [2.75, 3.05) is 0 Å². The molecule has 1 aliphatic rings. The van der Waals surface area contributed by atoms with Gasteiger partial charge in [-0.3, -0.25) is 4.79 Å². The van der Waals surface area contributed by atoms with Gasteiger partial charge in [0.15, 0.2) is 5.78 Å². The maximum Gasteiger partial charge on any atom is 0.185 e. The van der Waals surface area contributed by atoms with Crippen LogP contribution in [0.5, 0.6) is 0 Å². The van der Waals surface area contributed by atoms with Crippen molar-refractivity contribution in [3.05, 3.63) is 17.7 Å². The lowest BCUT2D eigenvalue weighted by Gasteiger charge is -2.21. The third-order valence-electron chi connectivity index (χ3n) is 3.14. The highest BCUT2D eigenvalue weighted by Crippen LogP contribution is 2.29. The second kappa shape index (κ2) is 3.80. The van der Waals surface area contributed by atoms with Crippen molar-refractivity contribution in [3.63, 3.8) is 0 Å². The van der Waals surface area contributed by atoms with E-state index in [1.807, 2.05) is 20.2 Å². The molecule has 0 amide bonds. The Bertz CT molecular complexity index is 379. The third-order valence-corrected chi connectivity index (χ3v) is 3.14. The Morgan fingerprint density at radius 3 is 3.00 bits per heavy atom. The molecule has 0 aromatic carbocycles. The number of Topliss-reactive ketones (excluding diaryl/α,β-unsaturated/α-hetero) is 1. The number of ketones is 1. The van der Waals surface area contributed by atoms with E-state index >= 15 is 0 Å². The Balaban J connectivity index is 2.42. The SMILES string of the molecule is CC(C)C(=O)c1ncn2c1C(C)CCC2. The molecule has 0 aliphatic carbocycles. The van der Waals surface area contributed by atoms with Crippen LogP contribution in [0.3, 0.4) is 0 Å². The minimum absolute atomic E-state index is 0.0405. The number of hydrogen-bond acceptors (Lipinski definition) is 2. The minimum Gasteiger partial charge on any atom is -0.334 e. The third kappa shape index (κ3) is 1.71. The van der Waals surface area contributed by atoms with Gasteiger partial charge in [0, 0.05) is 12.5 Å². The summed E-state index contributed by atoms with van der Waals surface area (Å²) in [5.41, 5.74) is 1.86. The average Bonchev–Trinajstić information content (AvgIpc) is 2.61. The van der Waals surface area contributed by atoms with Crippen molar-refractivity contribution in [2.45, 2.75) is 46.1 Å². The molecule has 0 saturated carbocycles. The molecule has 3 nitrogen and oxygen atoms in total. The van der Waals surface area contributed by atoms with Gasteiger partial charge < -0.3 is 4.57 Å². The highest BCUT2D eigenvalue weighted by Gasteiger charge is 2.26. The normalized spacial score (nSPS) is 20.4. The van der Waals surface area contributed by atoms with Gasteiger partial charge in [0.05, 0.1) is 12.0 Å². The lowest BCUT2D eigenvalue weighted by atomic mass is 9.93. The first-order valence-corrected chi connectivity index (χ1v) is 5.70. The van der Waals surface area contributed by atoms with Crippen LogP contribution >= 0.6 is 0 Å². The van der Waals surface area contributed by atoms with E-state index in [0.29, 0.717) is 11.6 Å². The van der Waals surface area contributed by atoms with E-state index in [9.17, 15) is 4.79 Å². The van der Waals surface area contributed by atoms with Crippen LogP contribution in [0.4, 0.5) is 0 Å². The van der Waals surface area contributed by atoms with Crippen LogP contribution in [-0.2, 0) is 6.54 Å². The molecule has 0 fully saturated rings. The molecule has 0 N–H and O–H groups in total. The summed E-state index contributed by atoms with van der Waals surface area (Å²) in [6.45, 7) is 7.06. The molecule has 0 radical (unpaired) electrons. The molecular weight excluding hydrogens is 188 g/mol. The standard InChI is InChI=1S/C12H18N2O/c1-8(2)12(15)10-11-9(3)5-4-6-14(11)7-13-10/h7-9H,4-6H2,1-3H3. The molecular formula is C12H18N2O. The predicted molar refractivity (Wildman–Crippen MR) is 59.0 cm³/mol. The molecule has 0 bridgehead atoms. The van der Waals surface area contributed by atoms with Crippen molar-refractivity contribution in [1.29, 1.82) is 0 Å². The van der Waals surface area contributed by atoms with Crippen molar-refractivity contribution < 1.29 is 4.79 Å². The highest BCUT2D eigenvalue weighted by atomic mass is 16.1. The fraction of sp³-hybridized carbons (Fsp3) is 0.667. The second-order valence-corrected chi connectivity index (χ2v) is 4.73. The van der Waals surface area contributed by atoms with Gasteiger partial charge in [0.2, 0.25) is 0 Å². The average molecular weight is 206 g/mol. The van der Waals surface area contributed by atoms with Crippen LogP contribution < -0.4 is 0 Å². The van der Waals surface area contributed by atoms with Crippen LogP contribution in [0.1, 0.15) is 55.7 Å². The number of carbonyl (C=O) groups is 1. The molecule has 1 aromatic heterocycles. The Morgan fingerprint density at radius 1 is 1.60 bits per heavy atom. The molecule has 2 heterocycles. The van der Waals surface area contributed by atoms with Crippen molar-refractivity contribution in [3.8, 4) is 0 Å². The summed E-state index contributed by atoms with van der Waals surface area (Å²) in [6.07, 6.45) is 4.19. The van der Waals surface area contributed by atoms with Crippen molar-refractivity contribution in [2.24, 2.45) is 5.92 Å². The van der Waals surface area contributed by atoms with Gasteiger partial charge in [-0.25, -0.2) is 4.98 Å². The summed E-state index contributed by atoms with van der Waals surface area (Å²) in [5.74, 6) is 0.690. The lowest BCUT2D eigenvalue weighted by Crippen LogP contribution is -2.17. The summed E-state index contributed by atoms with van der Waals surface area (Å²) in [7, 11) is 0. The summed E-state index contributed by atoms with van der Waals surface area (Å²) in [5, 5.41) is 0. The maximum absolute atomic E-state index is 11.9. The Labute approximate surface area is 90.5 Å². The van der Waals surface area contributed by atoms with E-state index in [-0.39, 0.29) is 11.7 Å². The van der Waals surface area contributed by atoms with E-state index in [4.69, 9.17) is 0 Å². The number of fused-ring (bicyclic) bond motifs is 1. The molecule has 1 unspecified atom stereocenters. The second-order valence-electron chi connectivity index (χ2n) is 4.73. The quantitative estimate of drug-likeness (QED) is 0.697. The number of imidazole rings is 1. The molecule has 1 atom stereocenters. The fourth-order valence-corrected chi connectivity index (χ4v) is 2.25. The Kier molecular flexibility index (Phi) is 2.63. The van der Waals surface area contributed by atoms with Gasteiger partial charge in [-0.05, 0) is 18.8 Å². The molecule has 3 heteroatoms. The van der Waals surface area contributed by atoms with Crippen LogP contribution in [0, 0.1) is 5.92 Å². The molecule has 0 spiro atoms. The summed E-state index contributed by atoms with van der Waals surface area (Å²) < 4.78 is 2.14. The first-order chi connectivity index (χ1) is 7.11. The first kappa shape index (κ1) is 10.4. The Morgan fingerprint density at radius 2 is 2.33 bits per heavy atom. The lowest BCUT2D eigenvalue weighted by molar-refractivity contribution is 0.0932. The summed E-state index contributed by atoms with van der Waals surface area (Å²) >= 11 is 0. The zero-order chi connectivity index (χ0) is 11.0. The van der Waals surface area contributed by atoms with Crippen LogP contribution in [0.15, 0.2) is 6.33 Å². The van der Waals surface area contributed by atoms with Gasteiger partial charge in [0.25, 0.3) is 0 Å². The summed E-state index contributed by atoms with van der Waals surface area (Å²) in [6, 6.07) is 0. The van der Waals surface area contributed by atoms with E-state index < -0.39 is 0 Å². The topological polar surface area (TPSA) is 34.9 Å². The van der Waals surface area contributed by atoms with Gasteiger partial charge >= 0.3 is 0 Å². The van der Waals surface area contributed by atoms with E-state index in [2.05, 4.69) is 16.5 Å². The maximum atomic E-state index is 11.9.